The number of hydrogen-bond donors (Lipinski definition) is 2. The molecule has 1 atom stereocenters. The van der Waals surface area contributed by atoms with E-state index in [4.69, 9.17) is 4.74 Å². The highest BCUT2D eigenvalue weighted by molar-refractivity contribution is 6.61. The van der Waals surface area contributed by atoms with Crippen LogP contribution in [-0.2, 0) is 34.0 Å². The number of carbonyl (C=O) groups excluding carboxylic acids is 3. The predicted octanol–water partition coefficient (Wildman–Crippen LogP) is -10.2. The summed E-state index contributed by atoms with van der Waals surface area (Å²) in [6.07, 6.45) is 0.876. The maximum Gasteiger partial charge on any atom is 0.255 e. The minimum absolute atomic E-state index is 0.203. The molecule has 0 bridgehead atoms. The molecule has 1 fully saturated rings. The molecule has 2 aliphatic heterocycles. The Hall–Kier alpha value is -2.45. The molecule has 4 rings (SSSR count). The lowest BCUT2D eigenvalue weighted by Crippen LogP contribution is -2.85. The Balaban J connectivity index is 1.58. The molecule has 2 aromatic rings. The van der Waals surface area contributed by atoms with E-state index < -0.39 is 16.5 Å². The molecule has 2 amide bonds. The summed E-state index contributed by atoms with van der Waals surface area (Å²) in [6, 6.07) is 13.5. The van der Waals surface area contributed by atoms with Gasteiger partial charge in [-0.15, -0.1) is 0 Å². The first-order valence-electron chi connectivity index (χ1n) is 16.5. The first-order chi connectivity index (χ1) is 21.1. The van der Waals surface area contributed by atoms with Gasteiger partial charge in [0.15, 0.2) is 0 Å². The molecule has 20 heteroatoms. The Morgan fingerprint density at radius 1 is 0.957 bits per heavy atom. The maximum atomic E-state index is 13.8. The summed E-state index contributed by atoms with van der Waals surface area (Å²) in [4.78, 5) is 43.4. The number of nitrogens with one attached hydrogen (secondary N) is 2. The van der Waals surface area contributed by atoms with Gasteiger partial charge < -0.3 is 30.0 Å². The van der Waals surface area contributed by atoms with Gasteiger partial charge in [-0.1, -0.05) is 35.5 Å². The number of anilines is 1. The molecule has 2 N–H and O–H groups in total. The van der Waals surface area contributed by atoms with Gasteiger partial charge in [0.1, 0.15) is 106 Å². The summed E-state index contributed by atoms with van der Waals surface area (Å²) in [5, 5.41) is 3.52. The summed E-state index contributed by atoms with van der Waals surface area (Å²) in [5.74, 6) is -0.489. The second-order valence-electron chi connectivity index (χ2n) is 16.3. The van der Waals surface area contributed by atoms with Crippen LogP contribution in [0.1, 0.15) is 27.0 Å². The minimum atomic E-state index is -0.845. The Bertz CT molecular complexity index is 1510. The van der Waals surface area contributed by atoms with Crippen molar-refractivity contribution in [2.75, 3.05) is 12.4 Å². The Labute approximate surface area is 286 Å². The van der Waals surface area contributed by atoms with Crippen LogP contribution in [0.3, 0.4) is 0 Å². The second-order valence-corrected chi connectivity index (χ2v) is 16.3. The Morgan fingerprint density at radius 2 is 1.52 bits per heavy atom. The number of amides is 2. The average molecular weight is 606 g/mol. The number of aldehydes is 1. The highest BCUT2D eigenvalue weighted by atomic mass is 16.5. The molecule has 0 saturated carbocycles. The Morgan fingerprint density at radius 3 is 2.09 bits per heavy atom. The van der Waals surface area contributed by atoms with Crippen molar-refractivity contribution < 1.29 is 19.1 Å². The van der Waals surface area contributed by atoms with Crippen molar-refractivity contribution >= 4 is 118 Å². The molecule has 0 spiro atoms. The largest absolute Gasteiger partial charge is 0.403 e. The average Bonchev–Trinajstić information content (AvgIpc) is 3.29. The van der Waals surface area contributed by atoms with Crippen molar-refractivity contribution in [3.63, 3.8) is 0 Å². The maximum absolute atomic E-state index is 13.8. The van der Waals surface area contributed by atoms with Gasteiger partial charge in [0.05, 0.1) is 0 Å². The summed E-state index contributed by atoms with van der Waals surface area (Å²) >= 11 is 0. The predicted molar refractivity (Wildman–Crippen MR) is 219 cm³/mol. The second kappa shape index (κ2) is 12.2. The summed E-state index contributed by atoms with van der Waals surface area (Å²) in [6.45, 7) is 1.64. The van der Waals surface area contributed by atoms with Gasteiger partial charge in [-0.2, -0.15) is 0 Å². The first kappa shape index (κ1) is 36.4. The van der Waals surface area contributed by atoms with Crippen molar-refractivity contribution in [1.82, 2.24) is 15.1 Å². The van der Waals surface area contributed by atoms with E-state index in [9.17, 15) is 14.4 Å². The molecule has 228 valence electrons. The number of hydrogen-bond acceptors (Lipinski definition) is 6. The number of morpholine rings is 1. The fourth-order valence-corrected chi connectivity index (χ4v) is 7.08. The van der Waals surface area contributed by atoms with Gasteiger partial charge in [-0.3, -0.25) is 9.59 Å². The van der Waals surface area contributed by atoms with Crippen molar-refractivity contribution in [2.45, 2.75) is 57.6 Å². The van der Waals surface area contributed by atoms with Gasteiger partial charge in [0.2, 0.25) is 5.91 Å². The van der Waals surface area contributed by atoms with Crippen LogP contribution in [0.25, 0.3) is 0 Å². The van der Waals surface area contributed by atoms with Crippen LogP contribution in [-0.4, -0.2) is 157 Å². The first-order valence-corrected chi connectivity index (χ1v) is 16.5. The lowest BCUT2D eigenvalue weighted by atomic mass is 9.28. The zero-order chi connectivity index (χ0) is 34.7. The number of likely N-dealkylation sites (N-methyl/N-ethyl adjacent to an activating group) is 1. The van der Waals surface area contributed by atoms with E-state index in [0.29, 0.717) is 12.1 Å². The van der Waals surface area contributed by atoms with E-state index in [1.54, 1.807) is 11.9 Å². The molecule has 46 heavy (non-hydrogen) atoms. The number of fused-ring (bicyclic) bond motifs is 1. The highest BCUT2D eigenvalue weighted by Gasteiger charge is 2.58. The van der Waals surface area contributed by atoms with E-state index in [2.05, 4.69) is 103 Å². The zero-order valence-electron chi connectivity index (χ0n) is 30.3. The van der Waals surface area contributed by atoms with E-state index in [1.165, 1.54) is 5.56 Å². The van der Waals surface area contributed by atoms with Crippen LogP contribution >= 0.6 is 0 Å². The third kappa shape index (κ3) is 6.02. The Kier molecular flexibility index (Phi) is 9.66. The van der Waals surface area contributed by atoms with E-state index in [-0.39, 0.29) is 39.8 Å². The number of rotatable bonds is 10. The molecule has 2 aliphatic rings. The molecule has 1 unspecified atom stereocenters. The number of benzene rings is 2. The summed E-state index contributed by atoms with van der Waals surface area (Å²) in [7, 11) is 26.8. The fraction of sp³-hybridized carbons (Fsp3) is 0.423. The third-order valence-corrected chi connectivity index (χ3v) is 12.1. The number of carbonyl (C=O) groups is 3. The van der Waals surface area contributed by atoms with Crippen LogP contribution < -0.4 is 10.6 Å². The molecule has 0 aromatic heterocycles. The summed E-state index contributed by atoms with van der Waals surface area (Å²) in [5.41, 5.74) is 4.66. The van der Waals surface area contributed by atoms with E-state index >= 15 is 0 Å². The topological polar surface area (TPSA) is 91.0 Å². The van der Waals surface area contributed by atoms with Crippen molar-refractivity contribution in [3.8, 4) is 0 Å². The quantitative estimate of drug-likeness (QED) is 0.207. The normalized spacial score (nSPS) is 20.7. The summed E-state index contributed by atoms with van der Waals surface area (Å²) < 4.78 is 6.68. The number of ether oxygens (including phenoxy) is 1. The van der Waals surface area contributed by atoms with Gasteiger partial charge in [0.25, 0.3) is 5.91 Å². The van der Waals surface area contributed by atoms with Gasteiger partial charge in [-0.25, -0.2) is 0 Å². The van der Waals surface area contributed by atoms with E-state index in [1.807, 2.05) is 49.6 Å². The lowest BCUT2D eigenvalue weighted by molar-refractivity contribution is -0.126. The van der Waals surface area contributed by atoms with Gasteiger partial charge in [-0.05, 0) is 39.1 Å². The van der Waals surface area contributed by atoms with E-state index in [0.717, 1.165) is 29.6 Å². The SMILES string of the molecule is BC(B)(C=O)C(B)(B)C(C(=O)NC)N1Cc2c(NCc3cccc(CN4C(B)(B)C(B)(B)OC(B)(B)C4(B)B)c3)cccc2C1=O. The van der Waals surface area contributed by atoms with Crippen molar-refractivity contribution in [2.24, 2.45) is 0 Å². The zero-order valence-corrected chi connectivity index (χ0v) is 30.3. The van der Waals surface area contributed by atoms with Crippen LogP contribution in [0.2, 0.25) is 10.4 Å². The molecule has 1 saturated heterocycles. The van der Waals surface area contributed by atoms with Crippen LogP contribution in [0, 0.1) is 0 Å². The molecule has 2 aromatic carbocycles. The monoisotopic (exact) mass is 608 g/mol. The highest BCUT2D eigenvalue weighted by Crippen LogP contribution is 2.47. The molecular formula is C26H44B12N4O4. The molecule has 8 nitrogen and oxygen atoms in total. The van der Waals surface area contributed by atoms with Crippen molar-refractivity contribution in [1.29, 1.82) is 0 Å². The van der Waals surface area contributed by atoms with Gasteiger partial charge in [0, 0.05) is 54.3 Å². The molecule has 0 radical (unpaired) electrons. The van der Waals surface area contributed by atoms with Crippen LogP contribution in [0.15, 0.2) is 42.5 Å². The fourth-order valence-electron chi connectivity index (χ4n) is 7.08. The van der Waals surface area contributed by atoms with Gasteiger partial charge >= 0.3 is 0 Å². The van der Waals surface area contributed by atoms with Crippen molar-refractivity contribution in [3.05, 3.63) is 64.7 Å². The standard InChI is InChI=1S/C26H44B12N4O4/c1-39-19(44)18(22(29,30)21(27,28)12-43)41-11-16-15(20(41)45)6-3-7-17(16)40-9-13-4-2-5-14(8-13)10-42-23(31,32)25(35,36)46-26(37,38)24(42,33)34/h2-8,12,18,40H,9-11,27-38H2,1H3,(H,39,44). The molecular weight excluding hydrogens is 562 g/mol. The lowest BCUT2D eigenvalue weighted by Gasteiger charge is -2.68. The number of nitrogens with zero attached hydrogens (tertiary/aromatic N) is 2. The van der Waals surface area contributed by atoms with Crippen LogP contribution in [0.4, 0.5) is 5.69 Å². The third-order valence-electron chi connectivity index (χ3n) is 12.1. The smallest absolute Gasteiger partial charge is 0.255 e. The van der Waals surface area contributed by atoms with Crippen LogP contribution in [0.5, 0.6) is 0 Å². The molecule has 2 heterocycles. The molecule has 0 aliphatic carbocycles. The minimum Gasteiger partial charge on any atom is -0.403 e.